The van der Waals surface area contributed by atoms with Gasteiger partial charge >= 0.3 is 5.69 Å². The molecular formula is C21H23N3O2S. The molecule has 0 aliphatic carbocycles. The van der Waals surface area contributed by atoms with Crippen LogP contribution in [0.5, 0.6) is 0 Å². The van der Waals surface area contributed by atoms with Crippen LogP contribution >= 0.6 is 11.8 Å². The number of rotatable bonds is 5. The van der Waals surface area contributed by atoms with E-state index in [0.717, 1.165) is 23.2 Å². The molecule has 0 radical (unpaired) electrons. The van der Waals surface area contributed by atoms with E-state index in [-0.39, 0.29) is 17.6 Å². The smallest absolute Gasteiger partial charge is 0.329 e. The van der Waals surface area contributed by atoms with Crippen LogP contribution in [-0.4, -0.2) is 20.8 Å². The molecule has 6 heteroatoms. The molecule has 1 amide bonds. The van der Waals surface area contributed by atoms with Gasteiger partial charge in [-0.3, -0.25) is 13.9 Å². The Kier molecular flexibility index (Phi) is 5.07. The van der Waals surface area contributed by atoms with Gasteiger partial charge < -0.3 is 5.32 Å². The number of aryl methyl sites for hydroxylation is 2. The summed E-state index contributed by atoms with van der Waals surface area (Å²) in [7, 11) is 0. The van der Waals surface area contributed by atoms with Gasteiger partial charge in [-0.15, -0.1) is 11.8 Å². The number of hydrogen-bond donors (Lipinski definition) is 1. The van der Waals surface area contributed by atoms with Gasteiger partial charge in [-0.2, -0.15) is 0 Å². The second kappa shape index (κ2) is 7.64. The van der Waals surface area contributed by atoms with Crippen molar-refractivity contribution in [3.63, 3.8) is 0 Å². The zero-order valence-electron chi connectivity index (χ0n) is 15.4. The molecule has 1 aliphatic rings. The molecule has 1 aliphatic heterocycles. The molecule has 1 aromatic heterocycles. The Morgan fingerprint density at radius 3 is 2.59 bits per heavy atom. The lowest BCUT2D eigenvalue weighted by Crippen LogP contribution is -2.32. The molecule has 5 nitrogen and oxygen atoms in total. The summed E-state index contributed by atoms with van der Waals surface area (Å²) in [4.78, 5) is 26.5. The van der Waals surface area contributed by atoms with Crippen LogP contribution in [0.2, 0.25) is 0 Å². The van der Waals surface area contributed by atoms with Crippen molar-refractivity contribution >= 4 is 28.7 Å². The Morgan fingerprint density at radius 1 is 1.11 bits per heavy atom. The fourth-order valence-electron chi connectivity index (χ4n) is 3.77. The molecule has 1 unspecified atom stereocenters. The van der Waals surface area contributed by atoms with Crippen LogP contribution in [0.15, 0.2) is 58.2 Å². The fraction of sp³-hybridized carbons (Fsp3) is 0.333. The minimum absolute atomic E-state index is 0.0121. The highest BCUT2D eigenvalue weighted by molar-refractivity contribution is 7.99. The van der Waals surface area contributed by atoms with Gasteiger partial charge in [-0.25, -0.2) is 4.79 Å². The Bertz CT molecular complexity index is 1040. The van der Waals surface area contributed by atoms with Crippen LogP contribution in [0.25, 0.3) is 11.0 Å². The van der Waals surface area contributed by atoms with Gasteiger partial charge in [0.2, 0.25) is 5.91 Å². The van der Waals surface area contributed by atoms with E-state index >= 15 is 0 Å². The quantitative estimate of drug-likeness (QED) is 0.735. The first kappa shape index (κ1) is 17.9. The number of fused-ring (bicyclic) bond motifs is 2. The van der Waals surface area contributed by atoms with Crippen LogP contribution in [-0.2, 0) is 17.9 Å². The monoisotopic (exact) mass is 381 g/mol. The largest absolute Gasteiger partial charge is 0.349 e. The molecule has 140 valence electrons. The van der Waals surface area contributed by atoms with Crippen molar-refractivity contribution in [2.75, 3.05) is 5.75 Å². The number of thioether (sulfide) groups is 1. The summed E-state index contributed by atoms with van der Waals surface area (Å²) >= 11 is 1.84. The molecule has 27 heavy (non-hydrogen) atoms. The number of nitrogens with one attached hydrogen (secondary N) is 1. The average molecular weight is 382 g/mol. The van der Waals surface area contributed by atoms with Crippen molar-refractivity contribution in [2.45, 2.75) is 43.8 Å². The third-order valence-electron chi connectivity index (χ3n) is 5.10. The average Bonchev–Trinajstić information content (AvgIpc) is 2.97. The number of benzene rings is 2. The van der Waals surface area contributed by atoms with Crippen molar-refractivity contribution in [3.8, 4) is 0 Å². The number of amides is 1. The van der Waals surface area contributed by atoms with E-state index in [9.17, 15) is 9.59 Å². The highest BCUT2D eigenvalue weighted by atomic mass is 32.2. The lowest BCUT2D eigenvalue weighted by atomic mass is 10.0. The Balaban J connectivity index is 1.49. The summed E-state index contributed by atoms with van der Waals surface area (Å²) < 4.78 is 3.46. The molecule has 0 fully saturated rings. The molecule has 1 atom stereocenters. The number of aromatic nitrogens is 2. The topological polar surface area (TPSA) is 56.0 Å². The van der Waals surface area contributed by atoms with Gasteiger partial charge in [-0.05, 0) is 37.1 Å². The lowest BCUT2D eigenvalue weighted by Gasteiger charge is -2.25. The standard InChI is InChI=1S/C21H23N3O2S/c1-2-23-17-8-4-5-9-18(17)24(21(23)26)13-11-20(25)22-16-12-14-27-19-10-6-3-7-15(16)19/h3-10,16H,2,11-14H2,1H3,(H,22,25). The van der Waals surface area contributed by atoms with Crippen molar-refractivity contribution < 1.29 is 4.79 Å². The predicted octanol–water partition coefficient (Wildman–Crippen LogP) is 3.57. The van der Waals surface area contributed by atoms with Crippen molar-refractivity contribution in [2.24, 2.45) is 0 Å². The first-order valence-corrected chi connectivity index (χ1v) is 10.4. The second-order valence-electron chi connectivity index (χ2n) is 6.71. The summed E-state index contributed by atoms with van der Waals surface area (Å²) in [6.45, 7) is 2.97. The van der Waals surface area contributed by atoms with Crippen molar-refractivity contribution in [3.05, 3.63) is 64.6 Å². The van der Waals surface area contributed by atoms with E-state index in [1.165, 1.54) is 10.5 Å². The van der Waals surface area contributed by atoms with Gasteiger partial charge in [0.25, 0.3) is 0 Å². The van der Waals surface area contributed by atoms with Crippen LogP contribution in [0.4, 0.5) is 0 Å². The predicted molar refractivity (Wildman–Crippen MR) is 109 cm³/mol. The Labute approximate surface area is 162 Å². The minimum Gasteiger partial charge on any atom is -0.349 e. The van der Waals surface area contributed by atoms with E-state index in [4.69, 9.17) is 0 Å². The molecule has 3 aromatic rings. The van der Waals surface area contributed by atoms with Crippen LogP contribution in [0, 0.1) is 0 Å². The van der Waals surface area contributed by atoms with Crippen LogP contribution < -0.4 is 11.0 Å². The molecule has 0 saturated carbocycles. The molecule has 1 N–H and O–H groups in total. The summed E-state index contributed by atoms with van der Waals surface area (Å²) in [5.74, 6) is 0.993. The molecular weight excluding hydrogens is 358 g/mol. The maximum atomic E-state index is 12.7. The summed E-state index contributed by atoms with van der Waals surface area (Å²) in [6, 6.07) is 16.1. The summed E-state index contributed by atoms with van der Waals surface area (Å²) in [5, 5.41) is 3.16. The summed E-state index contributed by atoms with van der Waals surface area (Å²) in [5.41, 5.74) is 2.95. The van der Waals surface area contributed by atoms with E-state index < -0.39 is 0 Å². The third kappa shape index (κ3) is 3.41. The minimum atomic E-state index is -0.0501. The van der Waals surface area contributed by atoms with E-state index in [1.54, 1.807) is 9.13 Å². The lowest BCUT2D eigenvalue weighted by molar-refractivity contribution is -0.122. The Hall–Kier alpha value is -2.47. The molecule has 0 bridgehead atoms. The van der Waals surface area contributed by atoms with E-state index in [0.29, 0.717) is 19.5 Å². The third-order valence-corrected chi connectivity index (χ3v) is 6.22. The number of carbonyl (C=O) groups excluding carboxylic acids is 1. The van der Waals surface area contributed by atoms with Crippen molar-refractivity contribution in [1.29, 1.82) is 0 Å². The number of imidazole rings is 1. The first-order valence-electron chi connectivity index (χ1n) is 9.38. The molecule has 2 heterocycles. The number of hydrogen-bond acceptors (Lipinski definition) is 3. The first-order chi connectivity index (χ1) is 13.2. The molecule has 0 saturated heterocycles. The van der Waals surface area contributed by atoms with Crippen LogP contribution in [0.3, 0.4) is 0 Å². The highest BCUT2D eigenvalue weighted by Crippen LogP contribution is 2.35. The fourth-order valence-corrected chi connectivity index (χ4v) is 4.89. The highest BCUT2D eigenvalue weighted by Gasteiger charge is 2.22. The van der Waals surface area contributed by atoms with Crippen molar-refractivity contribution in [1.82, 2.24) is 14.5 Å². The SMILES string of the molecule is CCn1c(=O)n(CCC(=O)NC2CCSc3ccccc32)c2ccccc21. The van der Waals surface area contributed by atoms with Crippen LogP contribution in [0.1, 0.15) is 31.4 Å². The van der Waals surface area contributed by atoms with Gasteiger partial charge in [0.1, 0.15) is 0 Å². The van der Waals surface area contributed by atoms with Gasteiger partial charge in [0.05, 0.1) is 17.1 Å². The number of para-hydroxylation sites is 2. The van der Waals surface area contributed by atoms with E-state index in [2.05, 4.69) is 17.4 Å². The normalized spacial score (nSPS) is 16.3. The van der Waals surface area contributed by atoms with Gasteiger partial charge in [0, 0.05) is 30.2 Å². The van der Waals surface area contributed by atoms with E-state index in [1.807, 2.05) is 55.1 Å². The second-order valence-corrected chi connectivity index (χ2v) is 7.85. The zero-order valence-corrected chi connectivity index (χ0v) is 16.2. The maximum Gasteiger partial charge on any atom is 0.329 e. The van der Waals surface area contributed by atoms with Gasteiger partial charge in [-0.1, -0.05) is 30.3 Å². The summed E-state index contributed by atoms with van der Waals surface area (Å²) in [6.07, 6.45) is 1.23. The molecule has 2 aromatic carbocycles. The molecule has 4 rings (SSSR count). The number of carbonyl (C=O) groups is 1. The zero-order chi connectivity index (χ0) is 18.8. The number of nitrogens with zero attached hydrogens (tertiary/aromatic N) is 2. The molecule has 0 spiro atoms. The Morgan fingerprint density at radius 2 is 1.81 bits per heavy atom. The maximum absolute atomic E-state index is 12.7. The van der Waals surface area contributed by atoms with Gasteiger partial charge in [0.15, 0.2) is 0 Å².